The van der Waals surface area contributed by atoms with Crippen LogP contribution in [0.2, 0.25) is 0 Å². The molecular formula is C9H10N4O4. The molecule has 0 radical (unpaired) electrons. The van der Waals surface area contributed by atoms with Crippen molar-refractivity contribution in [3.05, 3.63) is 38.4 Å². The molecule has 0 aliphatic carbocycles. The number of nitrogens with one attached hydrogen (secondary N) is 1. The highest BCUT2D eigenvalue weighted by Gasteiger charge is 2.18. The lowest BCUT2D eigenvalue weighted by atomic mass is 10.2. The number of nitro benzene ring substituents is 2. The lowest BCUT2D eigenvalue weighted by Crippen LogP contribution is -1.98. The van der Waals surface area contributed by atoms with Crippen molar-refractivity contribution in [1.29, 1.82) is 0 Å². The molecule has 0 aromatic heterocycles. The Morgan fingerprint density at radius 2 is 2.06 bits per heavy atom. The number of hydrazone groups is 1. The van der Waals surface area contributed by atoms with Crippen LogP contribution < -0.4 is 5.43 Å². The van der Waals surface area contributed by atoms with Crippen molar-refractivity contribution in [2.24, 2.45) is 5.10 Å². The van der Waals surface area contributed by atoms with Gasteiger partial charge in [-0.25, -0.2) is 0 Å². The van der Waals surface area contributed by atoms with Gasteiger partial charge in [0.05, 0.1) is 15.9 Å². The standard InChI is InChI=1S/C9H10N4O4/c1-2-5-10-11-8-4-3-7(12(14)15)6-9(8)13(16)17/h3-6,11H,2H2,1H3/b10-5+/i1+1,2+1,5+1. The maximum atomic E-state index is 10.7. The van der Waals surface area contributed by atoms with Crippen LogP contribution in [0.15, 0.2) is 23.3 Å². The largest absolute Gasteiger partial charge is 0.301 e. The van der Waals surface area contributed by atoms with Crippen LogP contribution in [0, 0.1) is 20.2 Å². The second-order valence-electron chi connectivity index (χ2n) is 3.05. The Balaban J connectivity index is 3.08. The van der Waals surface area contributed by atoms with Crippen molar-refractivity contribution in [2.75, 3.05) is 5.43 Å². The second kappa shape index (κ2) is 5.54. The second-order valence-corrected chi connectivity index (χ2v) is 3.05. The molecule has 0 aliphatic heterocycles. The molecule has 1 rings (SSSR count). The van der Waals surface area contributed by atoms with Crippen molar-refractivity contribution in [1.82, 2.24) is 0 Å². The average Bonchev–Trinajstić information content (AvgIpc) is 2.29. The van der Waals surface area contributed by atoms with Crippen LogP contribution in [0.5, 0.6) is 0 Å². The molecule has 0 saturated carbocycles. The summed E-state index contributed by atoms with van der Waals surface area (Å²) in [5, 5.41) is 24.9. The third-order valence-electron chi connectivity index (χ3n) is 1.85. The Labute approximate surface area is 96.2 Å². The van der Waals surface area contributed by atoms with E-state index in [-0.39, 0.29) is 17.1 Å². The van der Waals surface area contributed by atoms with E-state index in [1.165, 1.54) is 18.3 Å². The van der Waals surface area contributed by atoms with Gasteiger partial charge in [-0.3, -0.25) is 25.7 Å². The van der Waals surface area contributed by atoms with Crippen LogP contribution in [0.1, 0.15) is 13.3 Å². The first-order chi connectivity index (χ1) is 8.06. The Morgan fingerprint density at radius 1 is 1.35 bits per heavy atom. The summed E-state index contributed by atoms with van der Waals surface area (Å²) < 4.78 is 0. The van der Waals surface area contributed by atoms with E-state index in [1.54, 1.807) is 0 Å². The molecule has 0 spiro atoms. The molecule has 0 aliphatic rings. The van der Waals surface area contributed by atoms with Crippen LogP contribution in [-0.4, -0.2) is 16.1 Å². The molecule has 0 fully saturated rings. The van der Waals surface area contributed by atoms with Gasteiger partial charge in [-0.15, -0.1) is 0 Å². The summed E-state index contributed by atoms with van der Waals surface area (Å²) in [6, 6.07) is 3.32. The van der Waals surface area contributed by atoms with Crippen molar-refractivity contribution < 1.29 is 9.85 Å². The van der Waals surface area contributed by atoms with E-state index in [2.05, 4.69) is 10.5 Å². The first-order valence-corrected chi connectivity index (χ1v) is 4.76. The zero-order valence-electron chi connectivity index (χ0n) is 8.99. The Hall–Kier alpha value is -2.51. The molecule has 0 unspecified atom stereocenters. The number of hydrogen-bond donors (Lipinski definition) is 1. The molecule has 0 heterocycles. The van der Waals surface area contributed by atoms with Crippen molar-refractivity contribution in [2.45, 2.75) is 13.3 Å². The highest BCUT2D eigenvalue weighted by molar-refractivity contribution is 5.67. The minimum Gasteiger partial charge on any atom is -0.272 e. The SMILES string of the molecule is [13CH3][13CH2]/[13CH]=N/Nc1ccc([N+](=O)[O-])cc1[N+](=O)[O-]. The van der Waals surface area contributed by atoms with Gasteiger partial charge in [0.15, 0.2) is 0 Å². The molecule has 1 aromatic rings. The predicted molar refractivity (Wildman–Crippen MR) is 62.2 cm³/mol. The number of hydrogen-bond acceptors (Lipinski definition) is 6. The Bertz CT molecular complexity index is 472. The summed E-state index contributed by atoms with van der Waals surface area (Å²) >= 11 is 0. The number of nitro groups is 2. The Kier molecular flexibility index (Phi) is 4.09. The van der Waals surface area contributed by atoms with Gasteiger partial charge < -0.3 is 0 Å². The number of benzene rings is 1. The summed E-state index contributed by atoms with van der Waals surface area (Å²) in [4.78, 5) is 19.8. The van der Waals surface area contributed by atoms with E-state index >= 15 is 0 Å². The summed E-state index contributed by atoms with van der Waals surface area (Å²) in [5.74, 6) is 0. The predicted octanol–water partition coefficient (Wildman–Crippen LogP) is 2.31. The van der Waals surface area contributed by atoms with E-state index in [9.17, 15) is 20.2 Å². The van der Waals surface area contributed by atoms with Gasteiger partial charge in [-0.1, -0.05) is 6.92 Å². The molecule has 0 saturated heterocycles. The smallest absolute Gasteiger partial charge is 0.272 e. The van der Waals surface area contributed by atoms with E-state index in [4.69, 9.17) is 0 Å². The molecular weight excluding hydrogens is 231 g/mol. The highest BCUT2D eigenvalue weighted by atomic mass is 16.6. The molecule has 0 atom stereocenters. The molecule has 90 valence electrons. The Morgan fingerprint density at radius 3 is 2.59 bits per heavy atom. The van der Waals surface area contributed by atoms with Gasteiger partial charge in [0.2, 0.25) is 0 Å². The molecule has 1 N–H and O–H groups in total. The topological polar surface area (TPSA) is 111 Å². The first kappa shape index (κ1) is 12.6. The minimum absolute atomic E-state index is 0.116. The zero-order valence-corrected chi connectivity index (χ0v) is 8.99. The quantitative estimate of drug-likeness (QED) is 0.368. The minimum atomic E-state index is -0.698. The van der Waals surface area contributed by atoms with Gasteiger partial charge in [0.1, 0.15) is 5.69 Å². The monoisotopic (exact) mass is 241 g/mol. The van der Waals surface area contributed by atoms with Crippen molar-refractivity contribution >= 4 is 23.3 Å². The van der Waals surface area contributed by atoms with Gasteiger partial charge in [-0.2, -0.15) is 5.10 Å². The fourth-order valence-corrected chi connectivity index (χ4v) is 1.09. The van der Waals surface area contributed by atoms with Gasteiger partial charge in [0, 0.05) is 12.3 Å². The normalized spacial score (nSPS) is 10.4. The molecule has 17 heavy (non-hydrogen) atoms. The lowest BCUT2D eigenvalue weighted by Gasteiger charge is -2.01. The van der Waals surface area contributed by atoms with Crippen LogP contribution in [-0.2, 0) is 0 Å². The number of nitrogens with zero attached hydrogens (tertiary/aromatic N) is 3. The first-order valence-electron chi connectivity index (χ1n) is 4.76. The summed E-state index contributed by atoms with van der Waals surface area (Å²) in [6.07, 6.45) is 2.21. The summed E-state index contributed by atoms with van der Waals surface area (Å²) in [7, 11) is 0. The van der Waals surface area contributed by atoms with E-state index in [0.29, 0.717) is 6.42 Å². The van der Waals surface area contributed by atoms with E-state index in [0.717, 1.165) is 6.07 Å². The number of rotatable bonds is 5. The van der Waals surface area contributed by atoms with Crippen LogP contribution in [0.4, 0.5) is 17.1 Å². The zero-order chi connectivity index (χ0) is 12.8. The lowest BCUT2D eigenvalue weighted by molar-refractivity contribution is -0.393. The molecule has 0 bridgehead atoms. The molecule has 8 nitrogen and oxygen atoms in total. The van der Waals surface area contributed by atoms with Crippen LogP contribution in [0.25, 0.3) is 0 Å². The maximum absolute atomic E-state index is 10.7. The van der Waals surface area contributed by atoms with E-state index < -0.39 is 9.85 Å². The highest BCUT2D eigenvalue weighted by Crippen LogP contribution is 2.28. The van der Waals surface area contributed by atoms with Gasteiger partial charge in [0.25, 0.3) is 5.69 Å². The average molecular weight is 241 g/mol. The molecule has 1 aromatic carbocycles. The van der Waals surface area contributed by atoms with Crippen molar-refractivity contribution in [3.8, 4) is 0 Å². The fraction of sp³-hybridized carbons (Fsp3) is 0.222. The van der Waals surface area contributed by atoms with Crippen LogP contribution >= 0.6 is 0 Å². The maximum Gasteiger partial charge on any atom is 0.301 e. The molecule has 0 amide bonds. The summed E-state index contributed by atoms with van der Waals surface area (Å²) in [6.45, 7) is 1.86. The van der Waals surface area contributed by atoms with E-state index in [1.807, 2.05) is 6.92 Å². The number of non-ortho nitro benzene ring substituents is 1. The number of anilines is 1. The summed E-state index contributed by atoms with van der Waals surface area (Å²) in [5.41, 5.74) is 1.87. The molecule has 8 heteroatoms. The van der Waals surface area contributed by atoms with Gasteiger partial charge >= 0.3 is 5.69 Å². The van der Waals surface area contributed by atoms with Crippen LogP contribution in [0.3, 0.4) is 0 Å². The van der Waals surface area contributed by atoms with Crippen molar-refractivity contribution in [3.63, 3.8) is 0 Å². The van der Waals surface area contributed by atoms with Gasteiger partial charge in [-0.05, 0) is 12.5 Å². The third-order valence-corrected chi connectivity index (χ3v) is 1.85. The fourth-order valence-electron chi connectivity index (χ4n) is 1.09. The third kappa shape index (κ3) is 3.23.